The maximum atomic E-state index is 12.8. The van der Waals surface area contributed by atoms with Gasteiger partial charge >= 0.3 is 0 Å². The van der Waals surface area contributed by atoms with Gasteiger partial charge in [0.1, 0.15) is 5.75 Å². The van der Waals surface area contributed by atoms with Crippen LogP contribution in [0.1, 0.15) is 18.9 Å². The predicted molar refractivity (Wildman–Crippen MR) is 112 cm³/mol. The molecular formula is C21H20N4O2S. The van der Waals surface area contributed by atoms with Crippen molar-refractivity contribution in [3.05, 3.63) is 60.2 Å². The summed E-state index contributed by atoms with van der Waals surface area (Å²) < 4.78 is 2.00. The first kappa shape index (κ1) is 18.3. The lowest BCUT2D eigenvalue weighted by Gasteiger charge is -2.14. The molecule has 0 radical (unpaired) electrons. The summed E-state index contributed by atoms with van der Waals surface area (Å²) in [5, 5.41) is 22.4. The van der Waals surface area contributed by atoms with E-state index in [1.165, 1.54) is 11.8 Å². The van der Waals surface area contributed by atoms with Crippen molar-refractivity contribution in [2.75, 3.05) is 5.32 Å². The molecule has 7 heteroatoms. The zero-order chi connectivity index (χ0) is 19.7. The zero-order valence-electron chi connectivity index (χ0n) is 15.6. The second-order valence-electron chi connectivity index (χ2n) is 6.57. The van der Waals surface area contributed by atoms with Crippen molar-refractivity contribution in [2.24, 2.45) is 0 Å². The fourth-order valence-electron chi connectivity index (χ4n) is 3.17. The number of thioether (sulfide) groups is 1. The Labute approximate surface area is 166 Å². The van der Waals surface area contributed by atoms with Gasteiger partial charge in [-0.25, -0.2) is 0 Å². The molecular weight excluding hydrogens is 372 g/mol. The van der Waals surface area contributed by atoms with Gasteiger partial charge in [-0.05, 0) is 55.3 Å². The number of anilines is 1. The highest BCUT2D eigenvalue weighted by Crippen LogP contribution is 2.29. The largest absolute Gasteiger partial charge is 0.508 e. The topological polar surface area (TPSA) is 79.5 Å². The van der Waals surface area contributed by atoms with Crippen molar-refractivity contribution in [3.8, 4) is 5.75 Å². The number of carbonyl (C=O) groups excluding carboxylic acids is 1. The Hall–Kier alpha value is -3.06. The van der Waals surface area contributed by atoms with E-state index >= 15 is 0 Å². The van der Waals surface area contributed by atoms with Crippen molar-refractivity contribution in [3.63, 3.8) is 0 Å². The van der Waals surface area contributed by atoms with Crippen LogP contribution in [0.4, 0.5) is 5.69 Å². The number of nitrogens with one attached hydrogen (secondary N) is 1. The van der Waals surface area contributed by atoms with E-state index in [1.807, 2.05) is 35.6 Å². The fourth-order valence-corrected chi connectivity index (χ4v) is 4.14. The number of benzene rings is 2. The van der Waals surface area contributed by atoms with E-state index in [-0.39, 0.29) is 16.9 Å². The fraction of sp³-hybridized carbons (Fsp3) is 0.190. The van der Waals surface area contributed by atoms with Gasteiger partial charge in [-0.1, -0.05) is 36.9 Å². The number of aryl methyl sites for hydroxylation is 1. The van der Waals surface area contributed by atoms with Crippen LogP contribution in [0.2, 0.25) is 0 Å². The van der Waals surface area contributed by atoms with Crippen LogP contribution in [0.25, 0.3) is 16.6 Å². The standard InChI is InChI=1S/C21H20N4O2S/c1-3-18(20(27)22-14-8-10-15(26)11-9-14)28-21-24-23-19-12-13(2)16-6-4-5-7-17(16)25(19)21/h4-12,18,26H,3H2,1-2H3,(H,22,27). The molecule has 0 bridgehead atoms. The molecule has 0 saturated carbocycles. The molecule has 0 saturated heterocycles. The first-order valence-electron chi connectivity index (χ1n) is 9.07. The first-order valence-corrected chi connectivity index (χ1v) is 9.95. The second kappa shape index (κ2) is 7.52. The molecule has 0 fully saturated rings. The number of amides is 1. The number of carbonyl (C=O) groups is 1. The predicted octanol–water partition coefficient (Wildman–Crippen LogP) is 4.41. The van der Waals surface area contributed by atoms with E-state index in [2.05, 4.69) is 28.5 Å². The number of phenolic OH excluding ortho intramolecular Hbond substituents is 1. The second-order valence-corrected chi connectivity index (χ2v) is 7.74. The highest BCUT2D eigenvalue weighted by Gasteiger charge is 2.22. The van der Waals surface area contributed by atoms with Gasteiger partial charge < -0.3 is 10.4 Å². The van der Waals surface area contributed by atoms with Crippen LogP contribution in [0, 0.1) is 6.92 Å². The molecule has 0 aliphatic carbocycles. The lowest BCUT2D eigenvalue weighted by molar-refractivity contribution is -0.115. The molecule has 28 heavy (non-hydrogen) atoms. The number of para-hydroxylation sites is 1. The first-order chi connectivity index (χ1) is 13.6. The molecule has 4 aromatic rings. The Morgan fingerprint density at radius 3 is 2.68 bits per heavy atom. The molecule has 2 aromatic carbocycles. The van der Waals surface area contributed by atoms with Crippen LogP contribution >= 0.6 is 11.8 Å². The molecule has 2 aromatic heterocycles. The Morgan fingerprint density at radius 1 is 1.18 bits per heavy atom. The summed E-state index contributed by atoms with van der Waals surface area (Å²) >= 11 is 1.40. The Bertz CT molecular complexity index is 1150. The van der Waals surface area contributed by atoms with Crippen molar-refractivity contribution in [1.29, 1.82) is 0 Å². The molecule has 1 unspecified atom stereocenters. The summed E-state index contributed by atoms with van der Waals surface area (Å²) in [5.41, 5.74) is 3.59. The van der Waals surface area contributed by atoms with Gasteiger partial charge in [0, 0.05) is 11.1 Å². The minimum absolute atomic E-state index is 0.105. The smallest absolute Gasteiger partial charge is 0.237 e. The van der Waals surface area contributed by atoms with Crippen molar-refractivity contribution in [2.45, 2.75) is 30.7 Å². The van der Waals surface area contributed by atoms with Gasteiger partial charge in [-0.3, -0.25) is 9.20 Å². The van der Waals surface area contributed by atoms with E-state index in [9.17, 15) is 9.90 Å². The summed E-state index contributed by atoms with van der Waals surface area (Å²) in [6.07, 6.45) is 0.646. The highest BCUT2D eigenvalue weighted by molar-refractivity contribution is 8.00. The van der Waals surface area contributed by atoms with Crippen LogP contribution < -0.4 is 5.32 Å². The van der Waals surface area contributed by atoms with Crippen molar-refractivity contribution in [1.82, 2.24) is 14.6 Å². The molecule has 142 valence electrons. The lowest BCUT2D eigenvalue weighted by Crippen LogP contribution is -2.24. The number of nitrogens with zero attached hydrogens (tertiary/aromatic N) is 3. The number of fused-ring (bicyclic) bond motifs is 3. The van der Waals surface area contributed by atoms with Gasteiger partial charge in [0.25, 0.3) is 0 Å². The minimum Gasteiger partial charge on any atom is -0.508 e. The summed E-state index contributed by atoms with van der Waals surface area (Å²) in [4.78, 5) is 12.8. The quantitative estimate of drug-likeness (QED) is 0.389. The van der Waals surface area contributed by atoms with Crippen LogP contribution in [-0.4, -0.2) is 30.9 Å². The maximum Gasteiger partial charge on any atom is 0.237 e. The number of aromatic hydroxyl groups is 1. The van der Waals surface area contributed by atoms with Crippen LogP contribution in [-0.2, 0) is 4.79 Å². The van der Waals surface area contributed by atoms with Gasteiger partial charge in [-0.2, -0.15) is 0 Å². The number of pyridine rings is 1. The van der Waals surface area contributed by atoms with E-state index in [4.69, 9.17) is 0 Å². The number of phenols is 1. The average molecular weight is 392 g/mol. The van der Waals surface area contributed by atoms with Crippen LogP contribution in [0.3, 0.4) is 0 Å². The molecule has 0 aliphatic rings. The van der Waals surface area contributed by atoms with E-state index in [1.54, 1.807) is 24.3 Å². The third-order valence-electron chi connectivity index (χ3n) is 4.62. The van der Waals surface area contributed by atoms with Gasteiger partial charge in [0.2, 0.25) is 5.91 Å². The lowest BCUT2D eigenvalue weighted by atomic mass is 10.1. The van der Waals surface area contributed by atoms with Crippen LogP contribution in [0.15, 0.2) is 59.8 Å². The maximum absolute atomic E-state index is 12.8. The number of aromatic nitrogens is 3. The number of hydrogen-bond donors (Lipinski definition) is 2. The van der Waals surface area contributed by atoms with E-state index < -0.39 is 0 Å². The third-order valence-corrected chi connectivity index (χ3v) is 5.93. The van der Waals surface area contributed by atoms with E-state index in [0.29, 0.717) is 17.3 Å². The Balaban J connectivity index is 1.65. The molecule has 1 atom stereocenters. The SMILES string of the molecule is CCC(Sc1nnc2cc(C)c3ccccc3n12)C(=O)Nc1ccc(O)cc1. The third kappa shape index (κ3) is 3.41. The van der Waals surface area contributed by atoms with Gasteiger partial charge in [0.05, 0.1) is 10.8 Å². The Kier molecular flexibility index (Phi) is 4.92. The normalized spacial score (nSPS) is 12.4. The van der Waals surface area contributed by atoms with Crippen LogP contribution in [0.5, 0.6) is 5.75 Å². The van der Waals surface area contributed by atoms with Gasteiger partial charge in [0.15, 0.2) is 10.8 Å². The highest BCUT2D eigenvalue weighted by atomic mass is 32.2. The average Bonchev–Trinajstić information content (AvgIpc) is 3.10. The van der Waals surface area contributed by atoms with Crippen molar-refractivity contribution < 1.29 is 9.90 Å². The molecule has 6 nitrogen and oxygen atoms in total. The van der Waals surface area contributed by atoms with Gasteiger partial charge in [-0.15, -0.1) is 10.2 Å². The zero-order valence-corrected chi connectivity index (χ0v) is 16.4. The summed E-state index contributed by atoms with van der Waals surface area (Å²) in [5.74, 6) is 0.0582. The summed E-state index contributed by atoms with van der Waals surface area (Å²) in [6, 6.07) is 16.6. The Morgan fingerprint density at radius 2 is 1.93 bits per heavy atom. The van der Waals surface area contributed by atoms with E-state index in [0.717, 1.165) is 22.1 Å². The monoisotopic (exact) mass is 392 g/mol. The molecule has 4 rings (SSSR count). The molecule has 0 aliphatic heterocycles. The molecule has 1 amide bonds. The number of hydrogen-bond acceptors (Lipinski definition) is 5. The minimum atomic E-state index is -0.318. The van der Waals surface area contributed by atoms with Crippen molar-refractivity contribution >= 4 is 39.9 Å². The number of rotatable bonds is 5. The molecule has 0 spiro atoms. The molecule has 2 heterocycles. The summed E-state index contributed by atoms with van der Waals surface area (Å²) in [7, 11) is 0. The molecule has 2 N–H and O–H groups in total. The summed E-state index contributed by atoms with van der Waals surface area (Å²) in [6.45, 7) is 4.03.